The Kier molecular flexibility index (Phi) is 7.34. The van der Waals surface area contributed by atoms with Gasteiger partial charge in [0.1, 0.15) is 16.8 Å². The molecule has 2 aliphatic rings. The molecule has 194 valence electrons. The molecule has 10 heteroatoms. The van der Waals surface area contributed by atoms with Crippen LogP contribution in [0.5, 0.6) is 5.75 Å². The highest BCUT2D eigenvalue weighted by Gasteiger charge is 2.30. The maximum atomic E-state index is 12.7. The van der Waals surface area contributed by atoms with Crippen LogP contribution < -0.4 is 9.46 Å². The fraction of sp³-hybridized carbons (Fsp3) is 0.407. The molecule has 2 N–H and O–H groups in total. The zero-order chi connectivity index (χ0) is 26.2. The molecule has 1 aromatic heterocycles. The van der Waals surface area contributed by atoms with Crippen LogP contribution in [0.25, 0.3) is 21.0 Å². The van der Waals surface area contributed by atoms with E-state index in [0.717, 1.165) is 38.6 Å². The molecule has 1 saturated heterocycles. The van der Waals surface area contributed by atoms with Gasteiger partial charge in [-0.05, 0) is 61.6 Å². The summed E-state index contributed by atoms with van der Waals surface area (Å²) in [5, 5.41) is 19.8. The molecule has 37 heavy (non-hydrogen) atoms. The van der Waals surface area contributed by atoms with Crippen LogP contribution in [0.4, 0.5) is 0 Å². The summed E-state index contributed by atoms with van der Waals surface area (Å²) < 4.78 is 34.1. The molecule has 0 saturated carbocycles. The van der Waals surface area contributed by atoms with Crippen LogP contribution in [0.15, 0.2) is 42.6 Å². The smallest absolute Gasteiger partial charge is 0.213 e. The lowest BCUT2D eigenvalue weighted by atomic mass is 10.0. The monoisotopic (exact) mass is 538 g/mol. The Hall–Kier alpha value is -2.81. The second-order valence-electron chi connectivity index (χ2n) is 9.83. The van der Waals surface area contributed by atoms with Crippen LogP contribution in [0.1, 0.15) is 43.0 Å². The van der Waals surface area contributed by atoms with Gasteiger partial charge in [-0.2, -0.15) is 5.26 Å². The summed E-state index contributed by atoms with van der Waals surface area (Å²) in [5.74, 6) is 0.588. The second-order valence-corrected chi connectivity index (χ2v) is 12.7. The largest absolute Gasteiger partial charge is 0.490 e. The Morgan fingerprint density at radius 2 is 2.11 bits per heavy atom. The molecule has 2 heterocycles. The molecule has 1 atom stereocenters. The van der Waals surface area contributed by atoms with Crippen LogP contribution in [-0.2, 0) is 16.4 Å². The Morgan fingerprint density at radius 1 is 1.30 bits per heavy atom. The summed E-state index contributed by atoms with van der Waals surface area (Å²) in [5.41, 5.74) is 4.56. The van der Waals surface area contributed by atoms with Gasteiger partial charge in [-0.1, -0.05) is 18.2 Å². The highest BCUT2D eigenvalue weighted by atomic mass is 32.2. The molecule has 1 aliphatic carbocycles. The molecule has 1 fully saturated rings. The summed E-state index contributed by atoms with van der Waals surface area (Å²) in [6.07, 6.45) is 2.98. The van der Waals surface area contributed by atoms with Gasteiger partial charge in [0, 0.05) is 37.4 Å². The zero-order valence-corrected chi connectivity index (χ0v) is 22.5. The molecule has 0 bridgehead atoms. The minimum Gasteiger partial charge on any atom is -0.490 e. The van der Waals surface area contributed by atoms with Crippen molar-refractivity contribution in [3.8, 4) is 32.8 Å². The summed E-state index contributed by atoms with van der Waals surface area (Å²) in [7, 11) is -3.44. The van der Waals surface area contributed by atoms with Crippen molar-refractivity contribution in [1.82, 2.24) is 14.6 Å². The molecule has 5 rings (SSSR count). The van der Waals surface area contributed by atoms with E-state index in [2.05, 4.69) is 21.8 Å². The molecule has 0 spiro atoms. The highest BCUT2D eigenvalue weighted by Crippen LogP contribution is 2.41. The third-order valence-corrected chi connectivity index (χ3v) is 9.13. The SMILES string of the molecule is CC(C)Oc1ccc(-c2ncc(-c3cccc4c3CC[C@@H]4NS(=O)(=O)CCN3CC(O)C3)s2)cc1C#N. The van der Waals surface area contributed by atoms with Gasteiger partial charge in [-0.25, -0.2) is 18.1 Å². The van der Waals surface area contributed by atoms with Crippen molar-refractivity contribution < 1.29 is 18.3 Å². The van der Waals surface area contributed by atoms with Gasteiger partial charge < -0.3 is 9.84 Å². The van der Waals surface area contributed by atoms with Crippen molar-refractivity contribution in [2.45, 2.75) is 44.9 Å². The fourth-order valence-corrected chi connectivity index (χ4v) is 7.16. The lowest BCUT2D eigenvalue weighted by molar-refractivity contribution is 0.00619. The maximum Gasteiger partial charge on any atom is 0.213 e. The van der Waals surface area contributed by atoms with E-state index in [4.69, 9.17) is 4.74 Å². The number of nitrogens with zero attached hydrogens (tertiary/aromatic N) is 3. The van der Waals surface area contributed by atoms with Crippen LogP contribution in [-0.4, -0.2) is 61.0 Å². The molecule has 0 radical (unpaired) electrons. The van der Waals surface area contributed by atoms with Gasteiger partial charge in [0.15, 0.2) is 0 Å². The van der Waals surface area contributed by atoms with E-state index in [1.165, 1.54) is 0 Å². The molecule has 0 amide bonds. The Morgan fingerprint density at radius 3 is 2.84 bits per heavy atom. The average molecular weight is 539 g/mol. The van der Waals surface area contributed by atoms with E-state index in [0.29, 0.717) is 37.4 Å². The van der Waals surface area contributed by atoms with Crippen molar-refractivity contribution in [3.05, 3.63) is 59.3 Å². The molecular weight excluding hydrogens is 508 g/mol. The lowest BCUT2D eigenvalue weighted by Crippen LogP contribution is -2.52. The Bertz CT molecular complexity index is 1440. The second kappa shape index (κ2) is 10.5. The average Bonchev–Trinajstić information content (AvgIpc) is 3.49. The molecular formula is C27H30N4O4S2. The number of fused-ring (bicyclic) bond motifs is 1. The first-order valence-corrected chi connectivity index (χ1v) is 14.9. The first kappa shape index (κ1) is 25.8. The van der Waals surface area contributed by atoms with E-state index in [1.54, 1.807) is 17.4 Å². The van der Waals surface area contributed by atoms with Gasteiger partial charge >= 0.3 is 0 Å². The number of aliphatic hydroxyl groups excluding tert-OH is 1. The third kappa shape index (κ3) is 5.71. The van der Waals surface area contributed by atoms with Gasteiger partial charge in [0.05, 0.1) is 28.4 Å². The number of nitrogens with one attached hydrogen (secondary N) is 1. The quantitative estimate of drug-likeness (QED) is 0.427. The number of hydrogen-bond acceptors (Lipinski definition) is 8. The molecule has 8 nitrogen and oxygen atoms in total. The summed E-state index contributed by atoms with van der Waals surface area (Å²) in [6.45, 7) is 5.35. The number of likely N-dealkylation sites (tertiary alicyclic amines) is 1. The van der Waals surface area contributed by atoms with Crippen molar-refractivity contribution in [3.63, 3.8) is 0 Å². The van der Waals surface area contributed by atoms with E-state index in [-0.39, 0.29) is 24.0 Å². The Labute approximate surface area is 221 Å². The number of hydrogen-bond donors (Lipinski definition) is 2. The van der Waals surface area contributed by atoms with Crippen molar-refractivity contribution in [2.75, 3.05) is 25.4 Å². The van der Waals surface area contributed by atoms with Crippen molar-refractivity contribution >= 4 is 21.4 Å². The standard InChI is InChI=1S/C27H30N4O4S2/c1-17(2)35-25-9-6-18(12-19(25)13-28)27-29-14-26(36-27)23-5-3-4-22-21(23)7-8-24(22)30-37(33,34)11-10-31-15-20(32)16-31/h3-6,9,12,14,17,20,24,30,32H,7-8,10-11,15-16H2,1-2H3/t24-/m0/s1. The number of sulfonamides is 1. The summed E-state index contributed by atoms with van der Waals surface area (Å²) >= 11 is 1.55. The predicted octanol–water partition coefficient (Wildman–Crippen LogP) is 3.72. The third-order valence-electron chi connectivity index (χ3n) is 6.69. The van der Waals surface area contributed by atoms with Gasteiger partial charge in [-0.3, -0.25) is 4.90 Å². The number of benzene rings is 2. The van der Waals surface area contributed by atoms with E-state index in [9.17, 15) is 18.8 Å². The normalized spacial score (nSPS) is 18.0. The van der Waals surface area contributed by atoms with Crippen LogP contribution in [0, 0.1) is 11.3 Å². The lowest BCUT2D eigenvalue weighted by Gasteiger charge is -2.35. The van der Waals surface area contributed by atoms with Crippen molar-refractivity contribution in [2.24, 2.45) is 0 Å². The number of aliphatic hydroxyl groups is 1. The number of rotatable bonds is 9. The van der Waals surface area contributed by atoms with Gasteiger partial charge in [-0.15, -0.1) is 11.3 Å². The topological polar surface area (TPSA) is 116 Å². The highest BCUT2D eigenvalue weighted by molar-refractivity contribution is 7.89. The minimum absolute atomic E-state index is 0.0209. The van der Waals surface area contributed by atoms with Crippen molar-refractivity contribution in [1.29, 1.82) is 5.26 Å². The zero-order valence-electron chi connectivity index (χ0n) is 20.8. The number of aromatic nitrogens is 1. The number of ether oxygens (including phenoxy) is 1. The number of nitriles is 1. The van der Waals surface area contributed by atoms with Crippen LogP contribution in [0.3, 0.4) is 0 Å². The number of thiazole rings is 1. The molecule has 3 aromatic rings. The maximum absolute atomic E-state index is 12.7. The first-order chi connectivity index (χ1) is 17.7. The number of β-amino-alcohol motifs (C(OH)–C–C–N with tert-alkyl or cyclic N) is 1. The van der Waals surface area contributed by atoms with E-state index < -0.39 is 10.0 Å². The predicted molar refractivity (Wildman–Crippen MR) is 144 cm³/mol. The van der Waals surface area contributed by atoms with Gasteiger partial charge in [0.25, 0.3) is 0 Å². The van der Waals surface area contributed by atoms with Gasteiger partial charge in [0.2, 0.25) is 10.0 Å². The van der Waals surface area contributed by atoms with Crippen LogP contribution >= 0.6 is 11.3 Å². The van der Waals surface area contributed by atoms with E-state index >= 15 is 0 Å². The fourth-order valence-electron chi connectivity index (χ4n) is 4.90. The summed E-state index contributed by atoms with van der Waals surface area (Å²) in [4.78, 5) is 7.57. The summed E-state index contributed by atoms with van der Waals surface area (Å²) in [6, 6.07) is 13.5. The molecule has 2 aromatic carbocycles. The van der Waals surface area contributed by atoms with E-state index in [1.807, 2.05) is 49.2 Å². The first-order valence-electron chi connectivity index (χ1n) is 12.4. The molecule has 1 aliphatic heterocycles. The molecule has 0 unspecified atom stereocenters. The van der Waals surface area contributed by atoms with Crippen LogP contribution in [0.2, 0.25) is 0 Å². The Balaban J connectivity index is 1.33. The minimum atomic E-state index is -3.44.